The molecule has 0 aliphatic rings. The van der Waals surface area contributed by atoms with Gasteiger partial charge >= 0.3 is 0 Å². The summed E-state index contributed by atoms with van der Waals surface area (Å²) in [5.41, 5.74) is 0. The van der Waals surface area contributed by atoms with Crippen LogP contribution in [0.25, 0.3) is 0 Å². The molecule has 0 bridgehead atoms. The summed E-state index contributed by atoms with van der Waals surface area (Å²) in [6.07, 6.45) is 0. The number of hydrogen-bond donors (Lipinski definition) is 1. The Morgan fingerprint density at radius 1 is 2.40 bits per heavy atom. The van der Waals surface area contributed by atoms with Gasteiger partial charge < -0.3 is 5.31 Å². The van der Waals surface area contributed by atoms with Crippen molar-refractivity contribution in [2.45, 2.75) is 6.85 Å². The van der Waals surface area contributed by atoms with Gasteiger partial charge in [0.05, 0.1) is 0 Å². The second kappa shape index (κ2) is 1.76. The zero-order chi connectivity index (χ0) is 10.2. The maximum Gasteiger partial charge on any atom is 0.216 e. The van der Waals surface area contributed by atoms with Crippen molar-refractivity contribution in [3.05, 3.63) is 0 Å². The summed E-state index contributed by atoms with van der Waals surface area (Å²) in [6.45, 7) is -6.10. The minimum Gasteiger partial charge on any atom is -0.359 e. The molecule has 0 aliphatic carbocycles. The second-order valence-electron chi connectivity index (χ2n) is 0.417. The Morgan fingerprint density at radius 2 is 3.20 bits per heavy atom. The van der Waals surface area contributed by atoms with Crippen LogP contribution in [-0.2, 0) is 4.79 Å². The summed E-state index contributed by atoms with van der Waals surface area (Å²) in [5, 5.41) is -0.514. The molecule has 0 fully saturated rings. The van der Waals surface area contributed by atoms with Crippen molar-refractivity contribution in [2.75, 3.05) is 6.98 Å². The Hall–Kier alpha value is -0.530. The third kappa shape index (κ3) is 3.47. The number of hydrogen-bond acceptors (Lipinski definition) is 1. The molecule has 1 amide bonds. The molecule has 0 heterocycles. The fourth-order valence-electron chi connectivity index (χ4n) is 0. The summed E-state index contributed by atoms with van der Waals surface area (Å²) in [6, 6.07) is 0. The quantitative estimate of drug-likeness (QED) is 0.427. The lowest BCUT2D eigenvalue weighted by atomic mass is 10.7. The van der Waals surface area contributed by atoms with Crippen molar-refractivity contribution >= 4 is 5.91 Å². The first-order valence-corrected chi connectivity index (χ1v) is 0.901. The number of carbonyl (C=O) groups excluding carboxylic acids is 1. The van der Waals surface area contributed by atoms with Crippen LogP contribution in [0.4, 0.5) is 0 Å². The van der Waals surface area contributed by atoms with Crippen LogP contribution in [0.5, 0.6) is 0 Å². The van der Waals surface area contributed by atoms with Gasteiger partial charge in [0, 0.05) is 22.1 Å². The zero-order valence-electron chi connectivity index (χ0n) is 9.36. The third-order valence-electron chi connectivity index (χ3n) is 0.102. The van der Waals surface area contributed by atoms with Crippen LogP contribution in [0.2, 0.25) is 1.41 Å². The SMILES string of the molecule is [2H]N(C(=O)C([2H])([2H])[2H])C([2H])([2H])[2H]. The molecule has 0 saturated carbocycles. The van der Waals surface area contributed by atoms with E-state index in [1.807, 2.05) is 0 Å². The highest BCUT2D eigenvalue weighted by Crippen LogP contribution is 1.45. The minimum atomic E-state index is -3.07. The van der Waals surface area contributed by atoms with E-state index in [0.29, 0.717) is 0 Å². The van der Waals surface area contributed by atoms with Crippen LogP contribution in [0.3, 0.4) is 0 Å². The molecule has 2 heteroatoms. The van der Waals surface area contributed by atoms with Gasteiger partial charge in [-0.3, -0.25) is 4.79 Å². The molecule has 1 N–H and O–H groups in total. The Balaban J connectivity index is 4.53. The molecule has 0 saturated heterocycles. The maximum absolute atomic E-state index is 10.6. The van der Waals surface area contributed by atoms with Gasteiger partial charge in [-0.05, 0) is 0 Å². The van der Waals surface area contributed by atoms with Gasteiger partial charge in [0.25, 0.3) is 0 Å². The van der Waals surface area contributed by atoms with Gasteiger partial charge in [0.1, 0.15) is 0 Å². The first-order chi connectivity index (χ1) is 5.07. The molecule has 0 rings (SSSR count). The van der Waals surface area contributed by atoms with Gasteiger partial charge in [-0.25, -0.2) is 0 Å². The monoisotopic (exact) mass is 80.1 g/mol. The Labute approximate surface area is 41.1 Å². The Kier molecular flexibility index (Phi) is 0.173. The molecule has 5 heavy (non-hydrogen) atoms. The van der Waals surface area contributed by atoms with Crippen LogP contribution in [0.15, 0.2) is 0 Å². The summed E-state index contributed by atoms with van der Waals surface area (Å²) in [7, 11) is 0. The van der Waals surface area contributed by atoms with Crippen LogP contribution in [0, 0.1) is 0 Å². The van der Waals surface area contributed by atoms with Crippen molar-refractivity contribution in [3.63, 3.8) is 0 Å². The number of rotatable bonds is 0. The summed E-state index contributed by atoms with van der Waals surface area (Å²) >= 11 is 0. The molecule has 2 nitrogen and oxygen atoms in total. The van der Waals surface area contributed by atoms with E-state index in [4.69, 9.17) is 9.64 Å². The van der Waals surface area contributed by atoms with Crippen LogP contribution >= 0.6 is 0 Å². The average Bonchev–Trinajstić information content (AvgIpc) is 1.80. The van der Waals surface area contributed by atoms with Crippen LogP contribution in [-0.4, -0.2) is 12.9 Å². The predicted molar refractivity (Wildman–Crippen MR) is 19.7 cm³/mol. The second-order valence-corrected chi connectivity index (χ2v) is 0.417. The van der Waals surface area contributed by atoms with Crippen LogP contribution < -0.4 is 5.31 Å². The standard InChI is InChI=1S/C3H7NO/c1-3(5)4-2/h1-2H3,(H,4,5)/i1D3,2D3/hD. The van der Waals surface area contributed by atoms with Crippen molar-refractivity contribution in [1.82, 2.24) is 5.31 Å². The van der Waals surface area contributed by atoms with E-state index < -0.39 is 25.0 Å². The van der Waals surface area contributed by atoms with Crippen molar-refractivity contribution in [3.8, 4) is 0 Å². The molecule has 0 aromatic rings. The highest BCUT2D eigenvalue weighted by molar-refractivity contribution is 5.72. The van der Waals surface area contributed by atoms with Crippen molar-refractivity contribution in [1.29, 1.82) is 0 Å². The Bertz CT molecular complexity index is 180. The number of amides is 1. The van der Waals surface area contributed by atoms with Gasteiger partial charge in [0.2, 0.25) is 5.91 Å². The normalized spacial score (nSPS) is 32.4. The highest BCUT2D eigenvalue weighted by atomic mass is 16.1. The molecule has 0 aromatic carbocycles. The molecular weight excluding hydrogens is 66.0 g/mol. The lowest BCUT2D eigenvalue weighted by Gasteiger charge is -1.80. The minimum absolute atomic E-state index is 0.514. The first kappa shape index (κ1) is 0.491. The topological polar surface area (TPSA) is 29.1 Å². The maximum atomic E-state index is 10.6. The smallest absolute Gasteiger partial charge is 0.216 e. The lowest BCUT2D eigenvalue weighted by molar-refractivity contribution is -0.118. The zero-order valence-corrected chi connectivity index (χ0v) is 2.36. The van der Waals surface area contributed by atoms with Gasteiger partial charge in [-0.1, -0.05) is 0 Å². The van der Waals surface area contributed by atoms with Gasteiger partial charge in [-0.15, -0.1) is 0 Å². The van der Waals surface area contributed by atoms with Crippen LogP contribution in [0.1, 0.15) is 15.1 Å². The van der Waals surface area contributed by atoms with E-state index >= 15 is 0 Å². The van der Waals surface area contributed by atoms with E-state index in [1.165, 1.54) is 0 Å². The summed E-state index contributed by atoms with van der Waals surface area (Å²) in [5.74, 6) is -1.71. The van der Waals surface area contributed by atoms with Gasteiger partial charge in [0.15, 0.2) is 1.41 Å². The van der Waals surface area contributed by atoms with E-state index in [9.17, 15) is 4.79 Å². The Morgan fingerprint density at radius 3 is 3.40 bits per heavy atom. The fourth-order valence-corrected chi connectivity index (χ4v) is 0. The molecule has 0 unspecified atom stereocenters. The van der Waals surface area contributed by atoms with E-state index in [-0.39, 0.29) is 0 Å². The highest BCUT2D eigenvalue weighted by Gasteiger charge is 1.72. The van der Waals surface area contributed by atoms with E-state index in [1.54, 1.807) is 0 Å². The molecule has 0 atom stereocenters. The van der Waals surface area contributed by atoms with Crippen molar-refractivity contribution < 1.29 is 14.4 Å². The third-order valence-corrected chi connectivity index (χ3v) is 0.102. The average molecular weight is 80.1 g/mol. The summed E-state index contributed by atoms with van der Waals surface area (Å²) < 4.78 is 45.9. The molecule has 30 valence electrons. The van der Waals surface area contributed by atoms with E-state index in [2.05, 4.69) is 0 Å². The number of carbonyl (C=O) groups is 1. The number of nitrogens with one attached hydrogen (secondary N) is 1. The van der Waals surface area contributed by atoms with Gasteiger partial charge in [-0.2, -0.15) is 0 Å². The van der Waals surface area contributed by atoms with Crippen molar-refractivity contribution in [2.24, 2.45) is 0 Å². The first-order valence-electron chi connectivity index (χ1n) is 4.35. The molecular formula is C3H7NO. The molecule has 0 aliphatic heterocycles. The largest absolute Gasteiger partial charge is 0.359 e. The fraction of sp³-hybridized carbons (Fsp3) is 0.667. The predicted octanol–water partition coefficient (Wildman–Crippen LogP) is -0.248. The summed E-state index contributed by atoms with van der Waals surface area (Å²) in [4.78, 5) is 10.6. The van der Waals surface area contributed by atoms with E-state index in [0.717, 1.165) is 0 Å². The lowest BCUT2D eigenvalue weighted by Crippen LogP contribution is -2.11. The molecule has 0 aromatic heterocycles. The molecule has 0 radical (unpaired) electrons. The molecule has 0 spiro atoms.